The molecule has 0 bridgehead atoms. The number of hydrogen-bond donors (Lipinski definition) is 0. The van der Waals surface area contributed by atoms with Gasteiger partial charge in [-0.2, -0.15) is 0 Å². The average Bonchev–Trinajstić information content (AvgIpc) is 2.45. The van der Waals surface area contributed by atoms with Crippen LogP contribution in [0.2, 0.25) is 0 Å². The lowest BCUT2D eigenvalue weighted by molar-refractivity contribution is -0.136. The highest BCUT2D eigenvalue weighted by atomic mass is 19.1. The van der Waals surface area contributed by atoms with Crippen LogP contribution >= 0.6 is 0 Å². The van der Waals surface area contributed by atoms with Crippen molar-refractivity contribution in [3.8, 4) is 0 Å². The van der Waals surface area contributed by atoms with Gasteiger partial charge in [-0.15, -0.1) is 0 Å². The molecular weight excluding hydrogens is 263 g/mol. The standard InChI is InChI=1S/C14H17FN2O3/c1-16-6-8-17(9-7-16)13(18)10-20-14(19)11-4-2-3-5-12(11)15/h2-5H,6-10H2,1H3. The third-order valence-electron chi connectivity index (χ3n) is 3.28. The molecule has 2 rings (SSSR count). The molecule has 1 fully saturated rings. The molecule has 1 amide bonds. The van der Waals surface area contributed by atoms with Crippen LogP contribution in [0.15, 0.2) is 24.3 Å². The van der Waals surface area contributed by atoms with E-state index in [9.17, 15) is 14.0 Å². The van der Waals surface area contributed by atoms with Crippen LogP contribution in [0.4, 0.5) is 4.39 Å². The van der Waals surface area contributed by atoms with Crippen molar-refractivity contribution < 1.29 is 18.7 Å². The van der Waals surface area contributed by atoms with E-state index in [1.807, 2.05) is 7.05 Å². The summed E-state index contributed by atoms with van der Waals surface area (Å²) >= 11 is 0. The monoisotopic (exact) mass is 280 g/mol. The van der Waals surface area contributed by atoms with E-state index in [4.69, 9.17) is 4.74 Å². The molecule has 0 aromatic heterocycles. The second-order valence-electron chi connectivity index (χ2n) is 4.74. The second-order valence-corrected chi connectivity index (χ2v) is 4.74. The molecule has 1 aromatic carbocycles. The van der Waals surface area contributed by atoms with Crippen molar-refractivity contribution in [2.75, 3.05) is 39.8 Å². The van der Waals surface area contributed by atoms with Crippen molar-refractivity contribution in [3.05, 3.63) is 35.6 Å². The van der Waals surface area contributed by atoms with Crippen LogP contribution in [-0.4, -0.2) is 61.5 Å². The van der Waals surface area contributed by atoms with Gasteiger partial charge in [0.15, 0.2) is 6.61 Å². The Morgan fingerprint density at radius 3 is 2.50 bits per heavy atom. The van der Waals surface area contributed by atoms with Crippen LogP contribution in [0.3, 0.4) is 0 Å². The van der Waals surface area contributed by atoms with Crippen LogP contribution in [0, 0.1) is 5.82 Å². The minimum atomic E-state index is -0.814. The van der Waals surface area contributed by atoms with Gasteiger partial charge in [0.1, 0.15) is 5.82 Å². The molecule has 108 valence electrons. The third-order valence-corrected chi connectivity index (χ3v) is 3.28. The first-order chi connectivity index (χ1) is 9.58. The largest absolute Gasteiger partial charge is 0.452 e. The van der Waals surface area contributed by atoms with Crippen molar-refractivity contribution in [1.29, 1.82) is 0 Å². The van der Waals surface area contributed by atoms with Gasteiger partial charge in [-0.25, -0.2) is 9.18 Å². The smallest absolute Gasteiger partial charge is 0.341 e. The summed E-state index contributed by atoms with van der Waals surface area (Å²) in [4.78, 5) is 27.3. The van der Waals surface area contributed by atoms with E-state index in [0.29, 0.717) is 13.1 Å². The average molecular weight is 280 g/mol. The lowest BCUT2D eigenvalue weighted by Crippen LogP contribution is -2.48. The van der Waals surface area contributed by atoms with Crippen molar-refractivity contribution in [2.24, 2.45) is 0 Å². The summed E-state index contributed by atoms with van der Waals surface area (Å²) in [5.41, 5.74) is -0.154. The first-order valence-electron chi connectivity index (χ1n) is 6.46. The Morgan fingerprint density at radius 1 is 1.20 bits per heavy atom. The molecule has 1 aromatic rings. The zero-order valence-corrected chi connectivity index (χ0v) is 11.3. The third kappa shape index (κ3) is 3.54. The minimum Gasteiger partial charge on any atom is -0.452 e. The van der Waals surface area contributed by atoms with E-state index in [1.165, 1.54) is 18.2 Å². The summed E-state index contributed by atoms with van der Waals surface area (Å²) in [6.45, 7) is 2.48. The summed E-state index contributed by atoms with van der Waals surface area (Å²) in [5, 5.41) is 0. The number of hydrogen-bond acceptors (Lipinski definition) is 4. The number of rotatable bonds is 3. The molecule has 5 nitrogen and oxygen atoms in total. The SMILES string of the molecule is CN1CCN(C(=O)COC(=O)c2ccccc2F)CC1. The summed E-state index contributed by atoms with van der Waals surface area (Å²) < 4.78 is 18.2. The van der Waals surface area contributed by atoms with Crippen LogP contribution in [0.1, 0.15) is 10.4 Å². The van der Waals surface area contributed by atoms with Gasteiger partial charge >= 0.3 is 5.97 Å². The molecule has 0 saturated carbocycles. The fraction of sp³-hybridized carbons (Fsp3) is 0.429. The molecule has 1 saturated heterocycles. The lowest BCUT2D eigenvalue weighted by Gasteiger charge is -2.32. The number of amides is 1. The Balaban J connectivity index is 1.84. The van der Waals surface area contributed by atoms with E-state index in [2.05, 4.69) is 4.90 Å². The van der Waals surface area contributed by atoms with E-state index in [-0.39, 0.29) is 18.1 Å². The minimum absolute atomic E-state index is 0.154. The Hall–Kier alpha value is -1.95. The second kappa shape index (κ2) is 6.47. The molecule has 0 N–H and O–H groups in total. The summed E-state index contributed by atoms with van der Waals surface area (Å²) in [6.07, 6.45) is 0. The highest BCUT2D eigenvalue weighted by Crippen LogP contribution is 2.08. The summed E-state index contributed by atoms with van der Waals surface area (Å²) in [7, 11) is 1.99. The first kappa shape index (κ1) is 14.5. The van der Waals surface area contributed by atoms with Gasteiger partial charge in [0.25, 0.3) is 5.91 Å². The predicted octanol–water partition coefficient (Wildman–Crippen LogP) is 0.756. The van der Waals surface area contributed by atoms with Gasteiger partial charge in [-0.05, 0) is 19.2 Å². The number of ether oxygens (including phenoxy) is 1. The first-order valence-corrected chi connectivity index (χ1v) is 6.46. The van der Waals surface area contributed by atoms with Crippen LogP contribution in [-0.2, 0) is 9.53 Å². The van der Waals surface area contributed by atoms with E-state index in [0.717, 1.165) is 13.1 Å². The molecule has 1 heterocycles. The zero-order valence-electron chi connectivity index (χ0n) is 11.3. The van der Waals surface area contributed by atoms with Crippen LogP contribution in [0.5, 0.6) is 0 Å². The van der Waals surface area contributed by atoms with Gasteiger partial charge in [0, 0.05) is 26.2 Å². The molecule has 20 heavy (non-hydrogen) atoms. The number of carbonyl (C=O) groups is 2. The number of nitrogens with zero attached hydrogens (tertiary/aromatic N) is 2. The fourth-order valence-electron chi connectivity index (χ4n) is 1.98. The van der Waals surface area contributed by atoms with Gasteiger partial charge in [0.05, 0.1) is 5.56 Å². The number of carbonyl (C=O) groups excluding carboxylic acids is 2. The number of likely N-dealkylation sites (N-methyl/N-ethyl adjacent to an activating group) is 1. The fourth-order valence-corrected chi connectivity index (χ4v) is 1.98. The Morgan fingerprint density at radius 2 is 1.85 bits per heavy atom. The maximum atomic E-state index is 13.4. The molecule has 0 spiro atoms. The van der Waals surface area contributed by atoms with Gasteiger partial charge < -0.3 is 14.5 Å². The molecule has 0 unspecified atom stereocenters. The van der Waals surface area contributed by atoms with Gasteiger partial charge in [-0.1, -0.05) is 12.1 Å². The topological polar surface area (TPSA) is 49.9 Å². The number of halogens is 1. The molecule has 0 radical (unpaired) electrons. The number of esters is 1. The van der Waals surface area contributed by atoms with Gasteiger partial charge in [0.2, 0.25) is 0 Å². The van der Waals surface area contributed by atoms with E-state index < -0.39 is 11.8 Å². The van der Waals surface area contributed by atoms with Crippen molar-refractivity contribution in [2.45, 2.75) is 0 Å². The number of benzene rings is 1. The van der Waals surface area contributed by atoms with E-state index >= 15 is 0 Å². The molecule has 6 heteroatoms. The highest BCUT2D eigenvalue weighted by Gasteiger charge is 2.21. The lowest BCUT2D eigenvalue weighted by atomic mass is 10.2. The Kier molecular flexibility index (Phi) is 4.68. The summed E-state index contributed by atoms with van der Waals surface area (Å²) in [5.74, 6) is -1.71. The number of piperazine rings is 1. The summed E-state index contributed by atoms with van der Waals surface area (Å²) in [6, 6.07) is 5.54. The normalized spacial score (nSPS) is 16.0. The maximum absolute atomic E-state index is 13.4. The molecule has 1 aliphatic rings. The van der Waals surface area contributed by atoms with Crippen LogP contribution < -0.4 is 0 Å². The van der Waals surface area contributed by atoms with Crippen LogP contribution in [0.25, 0.3) is 0 Å². The Bertz CT molecular complexity index is 499. The van der Waals surface area contributed by atoms with Crippen molar-refractivity contribution >= 4 is 11.9 Å². The maximum Gasteiger partial charge on any atom is 0.341 e. The quantitative estimate of drug-likeness (QED) is 0.767. The predicted molar refractivity (Wildman–Crippen MR) is 70.8 cm³/mol. The highest BCUT2D eigenvalue weighted by molar-refractivity contribution is 5.91. The molecule has 1 aliphatic heterocycles. The van der Waals surface area contributed by atoms with E-state index in [1.54, 1.807) is 11.0 Å². The van der Waals surface area contributed by atoms with Gasteiger partial charge in [-0.3, -0.25) is 4.79 Å². The Labute approximate surface area is 116 Å². The van der Waals surface area contributed by atoms with Crippen molar-refractivity contribution in [3.63, 3.8) is 0 Å². The molecule has 0 atom stereocenters. The van der Waals surface area contributed by atoms with Crippen molar-refractivity contribution in [1.82, 2.24) is 9.80 Å². The molecular formula is C14H17FN2O3. The zero-order chi connectivity index (χ0) is 14.5. The molecule has 0 aliphatic carbocycles.